The van der Waals surface area contributed by atoms with Gasteiger partial charge in [0, 0.05) is 12.5 Å². The number of hydrogen-bond acceptors (Lipinski definition) is 4. The standard InChI is InChI=1S/C21H23N3O3S/c1-14(11-15-8-10-28-13-15)22-18(25)12-23-20(27)16-5-3-4-6-17(16)24-19(26)7-9-21(23,24)2/h3-6,8,10,13-14H,7,9,11-12H2,1-2H3,(H,22,25). The molecule has 2 aliphatic rings. The molecule has 0 radical (unpaired) electrons. The van der Waals surface area contributed by atoms with Crippen molar-refractivity contribution >= 4 is 34.7 Å². The number of carbonyl (C=O) groups is 3. The van der Waals surface area contributed by atoms with E-state index >= 15 is 0 Å². The lowest BCUT2D eigenvalue weighted by molar-refractivity contribution is -0.124. The largest absolute Gasteiger partial charge is 0.352 e. The van der Waals surface area contributed by atoms with Crippen LogP contribution in [-0.4, -0.2) is 40.9 Å². The van der Waals surface area contributed by atoms with Crippen molar-refractivity contribution in [2.24, 2.45) is 0 Å². The minimum atomic E-state index is -0.809. The van der Waals surface area contributed by atoms with Crippen LogP contribution in [0.25, 0.3) is 0 Å². The molecule has 0 bridgehead atoms. The van der Waals surface area contributed by atoms with Gasteiger partial charge in [0.2, 0.25) is 11.8 Å². The maximum atomic E-state index is 13.2. The summed E-state index contributed by atoms with van der Waals surface area (Å²) in [7, 11) is 0. The van der Waals surface area contributed by atoms with Gasteiger partial charge in [-0.05, 0) is 61.2 Å². The second-order valence-electron chi connectivity index (χ2n) is 7.66. The van der Waals surface area contributed by atoms with Gasteiger partial charge in [-0.25, -0.2) is 0 Å². The SMILES string of the molecule is CC(Cc1ccsc1)NC(=O)CN1C(=O)c2ccccc2N2C(=O)CCC12C. The van der Waals surface area contributed by atoms with Gasteiger partial charge in [0.05, 0.1) is 11.3 Å². The molecule has 2 aromatic rings. The topological polar surface area (TPSA) is 69.7 Å². The van der Waals surface area contributed by atoms with E-state index in [1.54, 1.807) is 39.3 Å². The first-order valence-electron chi connectivity index (χ1n) is 9.44. The van der Waals surface area contributed by atoms with Crippen LogP contribution in [-0.2, 0) is 16.0 Å². The molecule has 1 saturated heterocycles. The monoisotopic (exact) mass is 397 g/mol. The van der Waals surface area contributed by atoms with Crippen LogP contribution in [0.1, 0.15) is 42.6 Å². The fourth-order valence-electron chi connectivity index (χ4n) is 4.22. The first-order valence-corrected chi connectivity index (χ1v) is 10.4. The Morgan fingerprint density at radius 3 is 2.82 bits per heavy atom. The van der Waals surface area contributed by atoms with E-state index in [0.717, 1.165) is 6.42 Å². The molecule has 3 heterocycles. The van der Waals surface area contributed by atoms with Crippen molar-refractivity contribution in [3.8, 4) is 0 Å². The third kappa shape index (κ3) is 3.09. The van der Waals surface area contributed by atoms with Crippen molar-refractivity contribution in [3.63, 3.8) is 0 Å². The van der Waals surface area contributed by atoms with Crippen LogP contribution in [0, 0.1) is 0 Å². The van der Waals surface area contributed by atoms with Crippen molar-refractivity contribution in [3.05, 3.63) is 52.2 Å². The summed E-state index contributed by atoms with van der Waals surface area (Å²) in [5.41, 5.74) is 1.48. The summed E-state index contributed by atoms with van der Waals surface area (Å²) in [6.45, 7) is 3.76. The predicted octanol–water partition coefficient (Wildman–Crippen LogP) is 2.79. The molecule has 1 N–H and O–H groups in total. The van der Waals surface area contributed by atoms with E-state index in [1.807, 2.05) is 31.4 Å². The number of benzene rings is 1. The van der Waals surface area contributed by atoms with Gasteiger partial charge in [-0.2, -0.15) is 11.3 Å². The molecule has 2 unspecified atom stereocenters. The molecule has 3 amide bonds. The van der Waals surface area contributed by atoms with Crippen molar-refractivity contribution in [2.75, 3.05) is 11.4 Å². The van der Waals surface area contributed by atoms with Crippen LogP contribution in [0.5, 0.6) is 0 Å². The van der Waals surface area contributed by atoms with E-state index < -0.39 is 5.66 Å². The highest BCUT2D eigenvalue weighted by Crippen LogP contribution is 2.43. The van der Waals surface area contributed by atoms with Crippen LogP contribution in [0.4, 0.5) is 5.69 Å². The second-order valence-corrected chi connectivity index (χ2v) is 8.44. The summed E-state index contributed by atoms with van der Waals surface area (Å²) in [6.07, 6.45) is 1.63. The van der Waals surface area contributed by atoms with Crippen LogP contribution >= 0.6 is 11.3 Å². The zero-order valence-corrected chi connectivity index (χ0v) is 16.8. The van der Waals surface area contributed by atoms with Gasteiger partial charge in [-0.1, -0.05) is 12.1 Å². The van der Waals surface area contributed by atoms with Crippen molar-refractivity contribution in [1.82, 2.24) is 10.2 Å². The normalized spacial score (nSPS) is 22.1. The number of carbonyl (C=O) groups excluding carboxylic acids is 3. The fourth-order valence-corrected chi connectivity index (χ4v) is 4.90. The zero-order chi connectivity index (χ0) is 19.9. The summed E-state index contributed by atoms with van der Waals surface area (Å²) in [4.78, 5) is 41.7. The Morgan fingerprint density at radius 1 is 1.29 bits per heavy atom. The van der Waals surface area contributed by atoms with Gasteiger partial charge in [-0.15, -0.1) is 0 Å². The number of hydrogen-bond donors (Lipinski definition) is 1. The number of nitrogens with one attached hydrogen (secondary N) is 1. The minimum absolute atomic E-state index is 0.0151. The van der Waals surface area contributed by atoms with E-state index in [1.165, 1.54) is 5.56 Å². The van der Waals surface area contributed by atoms with Gasteiger partial charge in [-0.3, -0.25) is 19.3 Å². The van der Waals surface area contributed by atoms with Crippen LogP contribution in [0.2, 0.25) is 0 Å². The van der Waals surface area contributed by atoms with Crippen molar-refractivity contribution in [1.29, 1.82) is 0 Å². The summed E-state index contributed by atoms with van der Waals surface area (Å²) in [5, 5.41) is 7.07. The van der Waals surface area contributed by atoms with Crippen LogP contribution < -0.4 is 10.2 Å². The lowest BCUT2D eigenvalue weighted by atomic mass is 9.98. The summed E-state index contributed by atoms with van der Waals surface area (Å²) in [5.74, 6) is -0.431. The lowest BCUT2D eigenvalue weighted by Gasteiger charge is -2.48. The first-order chi connectivity index (χ1) is 13.4. The van der Waals surface area contributed by atoms with E-state index in [-0.39, 0.29) is 30.3 Å². The number of nitrogens with zero attached hydrogens (tertiary/aromatic N) is 2. The molecule has 2 aliphatic heterocycles. The summed E-state index contributed by atoms with van der Waals surface area (Å²) < 4.78 is 0. The van der Waals surface area contributed by atoms with E-state index in [0.29, 0.717) is 24.1 Å². The number of para-hydroxylation sites is 1. The van der Waals surface area contributed by atoms with Gasteiger partial charge in [0.15, 0.2) is 0 Å². The van der Waals surface area contributed by atoms with E-state index in [2.05, 4.69) is 10.7 Å². The molecule has 1 fully saturated rings. The highest BCUT2D eigenvalue weighted by molar-refractivity contribution is 7.07. The van der Waals surface area contributed by atoms with Gasteiger partial charge in [0.1, 0.15) is 12.2 Å². The van der Waals surface area contributed by atoms with Gasteiger partial charge < -0.3 is 10.2 Å². The average molecular weight is 398 g/mol. The Morgan fingerprint density at radius 2 is 2.07 bits per heavy atom. The first kappa shape index (κ1) is 18.7. The summed E-state index contributed by atoms with van der Waals surface area (Å²) >= 11 is 1.63. The molecule has 7 heteroatoms. The van der Waals surface area contributed by atoms with E-state index in [4.69, 9.17) is 0 Å². The highest BCUT2D eigenvalue weighted by Gasteiger charge is 2.53. The molecule has 0 saturated carbocycles. The number of fused-ring (bicyclic) bond motifs is 3. The molecule has 1 aromatic heterocycles. The Balaban J connectivity index is 1.54. The number of rotatable bonds is 5. The fraction of sp³-hybridized carbons (Fsp3) is 0.381. The Kier molecular flexibility index (Phi) is 4.71. The average Bonchev–Trinajstić information content (AvgIpc) is 3.27. The lowest BCUT2D eigenvalue weighted by Crippen LogP contribution is -2.64. The molecule has 0 spiro atoms. The molecule has 28 heavy (non-hydrogen) atoms. The molecule has 2 atom stereocenters. The van der Waals surface area contributed by atoms with Crippen LogP contribution in [0.3, 0.4) is 0 Å². The quantitative estimate of drug-likeness (QED) is 0.843. The third-order valence-electron chi connectivity index (χ3n) is 5.58. The Bertz CT molecular complexity index is 927. The Hall–Kier alpha value is -2.67. The number of anilines is 1. The minimum Gasteiger partial charge on any atom is -0.352 e. The second kappa shape index (κ2) is 7.05. The molecule has 6 nitrogen and oxygen atoms in total. The van der Waals surface area contributed by atoms with Crippen molar-refractivity contribution in [2.45, 2.75) is 44.8 Å². The summed E-state index contributed by atoms with van der Waals surface area (Å²) in [6, 6.07) is 9.13. The van der Waals surface area contributed by atoms with Gasteiger partial charge in [0.25, 0.3) is 5.91 Å². The molecular formula is C21H23N3O3S. The maximum Gasteiger partial charge on any atom is 0.258 e. The number of amides is 3. The zero-order valence-electron chi connectivity index (χ0n) is 16.0. The molecule has 4 rings (SSSR count). The number of thiophene rings is 1. The molecule has 1 aromatic carbocycles. The predicted molar refractivity (Wildman–Crippen MR) is 108 cm³/mol. The van der Waals surface area contributed by atoms with Crippen molar-refractivity contribution < 1.29 is 14.4 Å². The third-order valence-corrected chi connectivity index (χ3v) is 6.31. The maximum absolute atomic E-state index is 13.2. The molecular weight excluding hydrogens is 374 g/mol. The van der Waals surface area contributed by atoms with Crippen LogP contribution in [0.15, 0.2) is 41.1 Å². The molecule has 146 valence electrons. The Labute approximate surface area is 168 Å². The highest BCUT2D eigenvalue weighted by atomic mass is 32.1. The smallest absolute Gasteiger partial charge is 0.258 e. The van der Waals surface area contributed by atoms with E-state index in [9.17, 15) is 14.4 Å². The van der Waals surface area contributed by atoms with Gasteiger partial charge >= 0.3 is 0 Å². The molecule has 0 aliphatic carbocycles.